The Morgan fingerprint density at radius 3 is 2.38 bits per heavy atom. The summed E-state index contributed by atoms with van der Waals surface area (Å²) in [7, 11) is 3.17. The van der Waals surface area contributed by atoms with Gasteiger partial charge in [0.15, 0.2) is 11.5 Å². The minimum absolute atomic E-state index is 0.0417. The number of nitrogens with zero attached hydrogens (tertiary/aromatic N) is 2. The van der Waals surface area contributed by atoms with Crippen LogP contribution in [0.5, 0.6) is 23.0 Å². The average Bonchev–Trinajstić information content (AvgIpc) is 3.57. The van der Waals surface area contributed by atoms with Gasteiger partial charge in [-0.2, -0.15) is 0 Å². The van der Waals surface area contributed by atoms with Gasteiger partial charge in [-0.05, 0) is 48.6 Å². The Kier molecular flexibility index (Phi) is 10.1. The van der Waals surface area contributed by atoms with Gasteiger partial charge in [-0.15, -0.1) is 0 Å². The van der Waals surface area contributed by atoms with Crippen LogP contribution >= 0.6 is 0 Å². The summed E-state index contributed by atoms with van der Waals surface area (Å²) in [6, 6.07) is 10.9. The molecule has 2 heterocycles. The van der Waals surface area contributed by atoms with Gasteiger partial charge in [0.1, 0.15) is 5.75 Å². The van der Waals surface area contributed by atoms with Crippen LogP contribution in [0.1, 0.15) is 56.6 Å². The van der Waals surface area contributed by atoms with E-state index < -0.39 is 17.9 Å². The van der Waals surface area contributed by atoms with Gasteiger partial charge >= 0.3 is 5.97 Å². The number of carboxylic acid groups (broad SMARTS) is 1. The van der Waals surface area contributed by atoms with E-state index in [1.54, 1.807) is 14.2 Å². The second-order valence-electron chi connectivity index (χ2n) is 10.5. The Morgan fingerprint density at radius 2 is 1.73 bits per heavy atom. The number of ether oxygens (including phenoxy) is 4. The predicted octanol–water partition coefficient (Wildman–Crippen LogP) is 4.57. The number of para-hydroxylation sites is 1. The van der Waals surface area contributed by atoms with Gasteiger partial charge in [0, 0.05) is 31.6 Å². The van der Waals surface area contributed by atoms with Crippen LogP contribution in [0.15, 0.2) is 36.4 Å². The first-order valence-corrected chi connectivity index (χ1v) is 14.3. The summed E-state index contributed by atoms with van der Waals surface area (Å²) in [5.41, 5.74) is 1.71. The zero-order chi connectivity index (χ0) is 28.6. The van der Waals surface area contributed by atoms with Crippen LogP contribution in [-0.2, 0) is 16.0 Å². The molecular formula is C31H42N2O7. The maximum atomic E-state index is 13.7. The first kappa shape index (κ1) is 29.5. The second kappa shape index (κ2) is 13.7. The molecule has 0 saturated carbocycles. The molecule has 0 spiro atoms. The van der Waals surface area contributed by atoms with Crippen molar-refractivity contribution in [1.29, 1.82) is 0 Å². The van der Waals surface area contributed by atoms with E-state index in [4.69, 9.17) is 18.9 Å². The molecule has 218 valence electrons. The molecule has 9 heteroatoms. The lowest BCUT2D eigenvalue weighted by Gasteiger charge is -2.30. The maximum absolute atomic E-state index is 13.7. The number of carboxylic acids is 1. The summed E-state index contributed by atoms with van der Waals surface area (Å²) in [4.78, 5) is 30.6. The molecule has 0 radical (unpaired) electrons. The van der Waals surface area contributed by atoms with E-state index in [1.807, 2.05) is 41.3 Å². The summed E-state index contributed by atoms with van der Waals surface area (Å²) in [5, 5.41) is 10.6. The van der Waals surface area contributed by atoms with Gasteiger partial charge in [-0.1, -0.05) is 44.9 Å². The minimum Gasteiger partial charge on any atom is -0.496 e. The highest BCUT2D eigenvalue weighted by Gasteiger charge is 2.48. The van der Waals surface area contributed by atoms with Crippen LogP contribution in [0.4, 0.5) is 0 Å². The number of benzene rings is 2. The number of hydrogen-bond donors (Lipinski definition) is 1. The van der Waals surface area contributed by atoms with Crippen molar-refractivity contribution in [3.63, 3.8) is 0 Å². The number of carbonyl (C=O) groups is 2. The van der Waals surface area contributed by atoms with E-state index >= 15 is 0 Å². The first-order chi connectivity index (χ1) is 19.4. The van der Waals surface area contributed by atoms with Crippen molar-refractivity contribution < 1.29 is 33.6 Å². The minimum atomic E-state index is -0.898. The molecule has 2 aromatic rings. The van der Waals surface area contributed by atoms with Crippen molar-refractivity contribution in [3.8, 4) is 23.0 Å². The normalized spacial score (nSPS) is 19.9. The van der Waals surface area contributed by atoms with Crippen LogP contribution in [0.2, 0.25) is 0 Å². The summed E-state index contributed by atoms with van der Waals surface area (Å²) in [6.45, 7) is 6.33. The topological polar surface area (TPSA) is 97.8 Å². The molecule has 0 aliphatic carbocycles. The fourth-order valence-corrected chi connectivity index (χ4v) is 5.88. The molecule has 9 nitrogen and oxygen atoms in total. The number of unbranched alkanes of at least 4 members (excludes halogenated alkanes) is 2. The number of likely N-dealkylation sites (tertiary alicyclic amines) is 1. The molecule has 2 aliphatic rings. The van der Waals surface area contributed by atoms with Crippen LogP contribution < -0.4 is 18.9 Å². The SMILES string of the molecule is CCCCN(CCCC)C(=O)CN1C[C@H](c2cc(OC)c3c(c2)OCO3)C(C(=O)O)[C@@H]1Cc1ccccc1OC. The zero-order valence-electron chi connectivity index (χ0n) is 24.1. The Labute approximate surface area is 237 Å². The van der Waals surface area contributed by atoms with E-state index in [-0.39, 0.29) is 25.2 Å². The summed E-state index contributed by atoms with van der Waals surface area (Å²) < 4.78 is 22.4. The van der Waals surface area contributed by atoms with Gasteiger partial charge in [0.2, 0.25) is 18.4 Å². The van der Waals surface area contributed by atoms with E-state index in [2.05, 4.69) is 18.7 Å². The number of rotatable bonds is 14. The molecule has 40 heavy (non-hydrogen) atoms. The Balaban J connectivity index is 1.70. The van der Waals surface area contributed by atoms with Crippen molar-refractivity contribution in [3.05, 3.63) is 47.5 Å². The number of methoxy groups -OCH3 is 2. The summed E-state index contributed by atoms with van der Waals surface area (Å²) >= 11 is 0. The van der Waals surface area contributed by atoms with Gasteiger partial charge < -0.3 is 29.0 Å². The predicted molar refractivity (Wildman–Crippen MR) is 151 cm³/mol. The molecular weight excluding hydrogens is 512 g/mol. The summed E-state index contributed by atoms with van der Waals surface area (Å²) in [5.74, 6) is 0.283. The van der Waals surface area contributed by atoms with Gasteiger partial charge in [0.05, 0.1) is 26.7 Å². The highest BCUT2D eigenvalue weighted by molar-refractivity contribution is 5.79. The highest BCUT2D eigenvalue weighted by Crippen LogP contribution is 2.47. The highest BCUT2D eigenvalue weighted by atomic mass is 16.7. The third-order valence-corrected chi connectivity index (χ3v) is 8.02. The molecule has 2 aliphatic heterocycles. The fraction of sp³-hybridized carbons (Fsp3) is 0.548. The molecule has 4 rings (SSSR count). The van der Waals surface area contributed by atoms with Crippen molar-refractivity contribution in [2.45, 2.75) is 57.9 Å². The van der Waals surface area contributed by atoms with E-state index in [0.29, 0.717) is 49.1 Å². The molecule has 1 unspecified atom stereocenters. The number of amides is 1. The molecule has 1 fully saturated rings. The van der Waals surface area contributed by atoms with Crippen LogP contribution in [0.25, 0.3) is 0 Å². The largest absolute Gasteiger partial charge is 0.496 e. The van der Waals surface area contributed by atoms with E-state index in [1.165, 1.54) is 0 Å². The van der Waals surface area contributed by atoms with Crippen molar-refractivity contribution in [2.24, 2.45) is 5.92 Å². The molecule has 0 aromatic heterocycles. The zero-order valence-corrected chi connectivity index (χ0v) is 24.1. The van der Waals surface area contributed by atoms with E-state index in [9.17, 15) is 14.7 Å². The van der Waals surface area contributed by atoms with Gasteiger partial charge in [-0.3, -0.25) is 14.5 Å². The van der Waals surface area contributed by atoms with Crippen molar-refractivity contribution in [2.75, 3.05) is 47.2 Å². The fourth-order valence-electron chi connectivity index (χ4n) is 5.88. The first-order valence-electron chi connectivity index (χ1n) is 14.3. The Morgan fingerprint density at radius 1 is 1.02 bits per heavy atom. The number of aliphatic carboxylic acids is 1. The van der Waals surface area contributed by atoms with Gasteiger partial charge in [0.25, 0.3) is 0 Å². The number of carbonyl (C=O) groups excluding carboxylic acids is 1. The molecule has 1 amide bonds. The quantitative estimate of drug-likeness (QED) is 0.363. The van der Waals surface area contributed by atoms with Gasteiger partial charge in [-0.25, -0.2) is 0 Å². The van der Waals surface area contributed by atoms with Crippen LogP contribution in [0, 0.1) is 5.92 Å². The lowest BCUT2D eigenvalue weighted by molar-refractivity contribution is -0.143. The maximum Gasteiger partial charge on any atom is 0.308 e. The summed E-state index contributed by atoms with van der Waals surface area (Å²) in [6.07, 6.45) is 4.33. The third-order valence-electron chi connectivity index (χ3n) is 8.02. The molecule has 1 N–H and O–H groups in total. The van der Waals surface area contributed by atoms with E-state index in [0.717, 1.165) is 36.8 Å². The lowest BCUT2D eigenvalue weighted by atomic mass is 9.83. The Bertz CT molecular complexity index is 1160. The third kappa shape index (κ3) is 6.46. The van der Waals surface area contributed by atoms with Crippen LogP contribution in [0.3, 0.4) is 0 Å². The monoisotopic (exact) mass is 554 g/mol. The molecule has 1 saturated heterocycles. The van der Waals surface area contributed by atoms with Crippen molar-refractivity contribution in [1.82, 2.24) is 9.80 Å². The second-order valence-corrected chi connectivity index (χ2v) is 10.5. The van der Waals surface area contributed by atoms with Crippen LogP contribution in [-0.4, -0.2) is 80.0 Å². The Hall–Kier alpha value is -3.46. The molecule has 2 aromatic carbocycles. The number of hydrogen-bond acceptors (Lipinski definition) is 7. The smallest absolute Gasteiger partial charge is 0.308 e. The average molecular weight is 555 g/mol. The van der Waals surface area contributed by atoms with Crippen molar-refractivity contribution >= 4 is 11.9 Å². The molecule has 3 atom stereocenters. The standard InChI is InChI=1S/C31H42N2O7/c1-5-7-13-32(14-8-6-2)28(34)19-33-18-23(22-16-26(38-4)30-27(17-22)39-20-40-30)29(31(35)36)24(33)15-21-11-9-10-12-25(21)37-3/h9-12,16-17,23-24,29H,5-8,13-15,18-20H2,1-4H3,(H,35,36)/t23-,24+,29?/m1/s1. The molecule has 0 bridgehead atoms. The number of fused-ring (bicyclic) bond motifs is 1. The lowest BCUT2D eigenvalue weighted by Crippen LogP contribution is -2.45.